The van der Waals surface area contributed by atoms with E-state index in [1.807, 2.05) is 13.0 Å². The summed E-state index contributed by atoms with van der Waals surface area (Å²) in [5.74, 6) is 1.71. The number of H-pyrrole nitrogens is 1. The second-order valence-electron chi connectivity index (χ2n) is 10.1. The molecule has 3 aromatic rings. The largest absolute Gasteiger partial charge is 0.496 e. The molecule has 0 saturated carbocycles. The summed E-state index contributed by atoms with van der Waals surface area (Å²) in [5, 5.41) is 11.9. The van der Waals surface area contributed by atoms with Crippen LogP contribution in [0.2, 0.25) is 23.3 Å². The molecule has 1 unspecified atom stereocenters. The van der Waals surface area contributed by atoms with Crippen molar-refractivity contribution in [2.24, 2.45) is 0 Å². The number of nitrogens with zero attached hydrogens (tertiary/aromatic N) is 5. The average Bonchev–Trinajstić information content (AvgIpc) is 3.32. The number of nitrogen functional groups attached to an aromatic ring is 1. The van der Waals surface area contributed by atoms with E-state index in [1.165, 1.54) is 0 Å². The maximum Gasteiger partial charge on any atom is 0.223 e. The summed E-state index contributed by atoms with van der Waals surface area (Å²) in [6.45, 7) is 15.0. The third-order valence-corrected chi connectivity index (χ3v) is 11.8. The fourth-order valence-corrected chi connectivity index (χ4v) is 5.38. The Labute approximate surface area is 200 Å². The predicted molar refractivity (Wildman–Crippen MR) is 134 cm³/mol. The van der Waals surface area contributed by atoms with Crippen molar-refractivity contribution < 1.29 is 9.16 Å². The number of nitrogens with two attached hydrogens (primary N) is 1. The molecule has 1 aliphatic heterocycles. The fourth-order valence-electron chi connectivity index (χ4n) is 4.00. The molecular formula is C22H32ClN7O2Si. The van der Waals surface area contributed by atoms with Gasteiger partial charge in [-0.3, -0.25) is 0 Å². The zero-order valence-corrected chi connectivity index (χ0v) is 22.0. The highest BCUT2D eigenvalue weighted by Gasteiger charge is 2.40. The molecule has 33 heavy (non-hydrogen) atoms. The Morgan fingerprint density at radius 1 is 1.27 bits per heavy atom. The van der Waals surface area contributed by atoms with Gasteiger partial charge in [-0.2, -0.15) is 20.4 Å². The first-order valence-corrected chi connectivity index (χ1v) is 14.3. The zero-order chi connectivity index (χ0) is 24.1. The van der Waals surface area contributed by atoms with Gasteiger partial charge in [0, 0.05) is 42.8 Å². The van der Waals surface area contributed by atoms with E-state index in [1.54, 1.807) is 7.11 Å². The SMILES string of the molecule is COc1cc2n[nH]nc2c(CN2CC(CO[Si](C)(C)C(C)(C)C)c3c(Cl)nc(N)nc32)c1C. The van der Waals surface area contributed by atoms with Crippen LogP contribution < -0.4 is 15.4 Å². The smallest absolute Gasteiger partial charge is 0.223 e. The van der Waals surface area contributed by atoms with Gasteiger partial charge in [-0.1, -0.05) is 32.4 Å². The van der Waals surface area contributed by atoms with Crippen LogP contribution in [0.15, 0.2) is 6.07 Å². The van der Waals surface area contributed by atoms with Crippen LogP contribution >= 0.6 is 11.6 Å². The Hall–Kier alpha value is -2.43. The van der Waals surface area contributed by atoms with Gasteiger partial charge >= 0.3 is 0 Å². The summed E-state index contributed by atoms with van der Waals surface area (Å²) in [4.78, 5) is 11.0. The second-order valence-corrected chi connectivity index (χ2v) is 15.3. The molecule has 3 N–H and O–H groups in total. The van der Waals surface area contributed by atoms with Crippen molar-refractivity contribution in [3.8, 4) is 5.75 Å². The van der Waals surface area contributed by atoms with Gasteiger partial charge in [-0.25, -0.2) is 4.98 Å². The van der Waals surface area contributed by atoms with Crippen LogP contribution in [0.1, 0.15) is 43.4 Å². The number of anilines is 2. The summed E-state index contributed by atoms with van der Waals surface area (Å²) in [7, 11) is -0.275. The number of hydrogen-bond donors (Lipinski definition) is 2. The number of hydrogen-bond acceptors (Lipinski definition) is 8. The number of fused-ring (bicyclic) bond motifs is 2. The molecule has 0 spiro atoms. The predicted octanol–water partition coefficient (Wildman–Crippen LogP) is 4.43. The Kier molecular flexibility index (Phi) is 6.04. The molecule has 178 valence electrons. The lowest BCUT2D eigenvalue weighted by molar-refractivity contribution is 0.267. The number of benzene rings is 1. The van der Waals surface area contributed by atoms with E-state index in [0.717, 1.165) is 39.3 Å². The van der Waals surface area contributed by atoms with Gasteiger partial charge in [0.25, 0.3) is 0 Å². The number of halogens is 1. The van der Waals surface area contributed by atoms with Gasteiger partial charge in [0.2, 0.25) is 5.95 Å². The van der Waals surface area contributed by atoms with E-state index in [9.17, 15) is 0 Å². The molecule has 1 aromatic carbocycles. The van der Waals surface area contributed by atoms with Crippen LogP contribution in [0.5, 0.6) is 5.75 Å². The number of aromatic amines is 1. The average molecular weight is 490 g/mol. The summed E-state index contributed by atoms with van der Waals surface area (Å²) >= 11 is 6.59. The first-order valence-electron chi connectivity index (χ1n) is 11.0. The molecule has 0 amide bonds. The van der Waals surface area contributed by atoms with Crippen LogP contribution in [-0.2, 0) is 11.0 Å². The molecule has 1 aliphatic rings. The van der Waals surface area contributed by atoms with E-state index in [-0.39, 0.29) is 16.9 Å². The lowest BCUT2D eigenvalue weighted by Crippen LogP contribution is -2.42. The van der Waals surface area contributed by atoms with E-state index in [0.29, 0.717) is 24.8 Å². The van der Waals surface area contributed by atoms with Crippen molar-refractivity contribution in [2.75, 3.05) is 30.9 Å². The molecule has 1 atom stereocenters. The highest BCUT2D eigenvalue weighted by Crippen LogP contribution is 2.43. The molecular weight excluding hydrogens is 458 g/mol. The van der Waals surface area contributed by atoms with E-state index >= 15 is 0 Å². The summed E-state index contributed by atoms with van der Waals surface area (Å²) in [6, 6.07) is 1.89. The Morgan fingerprint density at radius 3 is 2.67 bits per heavy atom. The summed E-state index contributed by atoms with van der Waals surface area (Å²) in [6.07, 6.45) is 0. The molecule has 11 heteroatoms. The minimum Gasteiger partial charge on any atom is -0.496 e. The molecule has 2 aromatic heterocycles. The Morgan fingerprint density at radius 2 is 2.00 bits per heavy atom. The third-order valence-electron chi connectivity index (χ3n) is 7.02. The molecule has 3 heterocycles. The quantitative estimate of drug-likeness (QED) is 0.386. The van der Waals surface area contributed by atoms with Gasteiger partial charge in [0.15, 0.2) is 8.32 Å². The number of rotatable bonds is 6. The fraction of sp³-hybridized carbons (Fsp3) is 0.545. The van der Waals surface area contributed by atoms with Crippen LogP contribution in [0.4, 0.5) is 11.8 Å². The number of ether oxygens (including phenoxy) is 1. The number of methoxy groups -OCH3 is 1. The van der Waals surface area contributed by atoms with Gasteiger partial charge in [-0.15, -0.1) is 0 Å². The van der Waals surface area contributed by atoms with E-state index in [4.69, 9.17) is 26.5 Å². The first-order chi connectivity index (χ1) is 15.4. The second kappa shape index (κ2) is 8.41. The van der Waals surface area contributed by atoms with Crippen LogP contribution in [0.25, 0.3) is 11.0 Å². The van der Waals surface area contributed by atoms with Crippen LogP contribution in [0, 0.1) is 6.92 Å². The number of aromatic nitrogens is 5. The molecule has 9 nitrogen and oxygen atoms in total. The van der Waals surface area contributed by atoms with Gasteiger partial charge in [0.05, 0.1) is 7.11 Å². The van der Waals surface area contributed by atoms with Crippen molar-refractivity contribution in [3.05, 3.63) is 27.9 Å². The van der Waals surface area contributed by atoms with Crippen LogP contribution in [-0.4, -0.2) is 54.0 Å². The number of nitrogens with one attached hydrogen (secondary N) is 1. The topological polar surface area (TPSA) is 115 Å². The first kappa shape index (κ1) is 23.7. The zero-order valence-electron chi connectivity index (χ0n) is 20.3. The maximum absolute atomic E-state index is 6.59. The summed E-state index contributed by atoms with van der Waals surface area (Å²) in [5.41, 5.74) is 10.5. The molecule has 0 saturated heterocycles. The minimum absolute atomic E-state index is 0.0425. The summed E-state index contributed by atoms with van der Waals surface area (Å²) < 4.78 is 12.1. The van der Waals surface area contributed by atoms with Crippen molar-refractivity contribution >= 4 is 42.7 Å². The normalized spacial score (nSPS) is 16.5. The van der Waals surface area contributed by atoms with E-state index < -0.39 is 8.32 Å². The lowest BCUT2D eigenvalue weighted by atomic mass is 10.0. The molecule has 0 radical (unpaired) electrons. The minimum atomic E-state index is -1.93. The van der Waals surface area contributed by atoms with E-state index in [2.05, 4.69) is 64.1 Å². The molecule has 0 bridgehead atoms. The van der Waals surface area contributed by atoms with Crippen molar-refractivity contribution in [1.29, 1.82) is 0 Å². The van der Waals surface area contributed by atoms with Crippen molar-refractivity contribution in [2.45, 2.75) is 58.3 Å². The molecule has 0 fully saturated rings. The van der Waals surface area contributed by atoms with Gasteiger partial charge in [0.1, 0.15) is 27.8 Å². The van der Waals surface area contributed by atoms with Crippen molar-refractivity contribution in [3.63, 3.8) is 0 Å². The highest BCUT2D eigenvalue weighted by molar-refractivity contribution is 6.74. The Balaban J connectivity index is 1.70. The lowest BCUT2D eigenvalue weighted by Gasteiger charge is -2.37. The monoisotopic (exact) mass is 489 g/mol. The Bertz CT molecular complexity index is 1190. The molecule has 0 aliphatic carbocycles. The maximum atomic E-state index is 6.59. The van der Waals surface area contributed by atoms with Gasteiger partial charge < -0.3 is 19.8 Å². The standard InChI is InChI=1S/C22H32ClN7O2Si/c1-12-14(18-15(27-29-28-18)8-16(12)31-5)10-30-9-13(11-32-33(6,7)22(2,3)4)17-19(23)25-21(24)26-20(17)30/h8,13H,9-11H2,1-7H3,(H2,24,25,26)(H,27,28,29). The molecule has 4 rings (SSSR count). The third kappa shape index (κ3) is 4.27. The van der Waals surface area contributed by atoms with Crippen molar-refractivity contribution in [1.82, 2.24) is 25.4 Å². The highest BCUT2D eigenvalue weighted by atomic mass is 35.5. The van der Waals surface area contributed by atoms with Crippen LogP contribution in [0.3, 0.4) is 0 Å². The van der Waals surface area contributed by atoms with Gasteiger partial charge in [-0.05, 0) is 30.6 Å².